The Hall–Kier alpha value is -3.05. The van der Waals surface area contributed by atoms with Crippen molar-refractivity contribution in [1.82, 2.24) is 4.57 Å². The summed E-state index contributed by atoms with van der Waals surface area (Å²) in [4.78, 5) is 14.3. The standard InChI is InChI=1S/C25H29BF2N3O/c1-8-21-15(3)24(30(7)17(21)5)23(19-10-12-20(13-11-19)29-14-32)25-16(4)22(9-2)18(6)31(25)26(27)28/h10-13H,8-9H2,1-7H3/b25-23-. The number of aliphatic imine (C=N–C) groups is 1. The van der Waals surface area contributed by atoms with Crippen molar-refractivity contribution in [3.63, 3.8) is 0 Å². The maximum atomic E-state index is 14.4. The Morgan fingerprint density at radius 1 is 1.09 bits per heavy atom. The van der Waals surface area contributed by atoms with Gasteiger partial charge in [-0.1, -0.05) is 26.0 Å². The average Bonchev–Trinajstić information content (AvgIpc) is 3.13. The molecule has 1 aromatic carbocycles. The number of aromatic nitrogens is 1. The molecule has 0 saturated carbocycles. The lowest BCUT2D eigenvalue weighted by atomic mass is 9.92. The lowest BCUT2D eigenvalue weighted by Crippen LogP contribution is -2.26. The van der Waals surface area contributed by atoms with Crippen molar-refractivity contribution in [3.05, 3.63) is 69.2 Å². The number of rotatable bonds is 6. The van der Waals surface area contributed by atoms with Crippen LogP contribution in [0.15, 0.2) is 46.1 Å². The lowest BCUT2D eigenvalue weighted by molar-refractivity contribution is -0.343. The second-order valence-electron chi connectivity index (χ2n) is 8.11. The van der Waals surface area contributed by atoms with Crippen LogP contribution >= 0.6 is 0 Å². The fourth-order valence-corrected chi connectivity index (χ4v) is 5.03. The van der Waals surface area contributed by atoms with Crippen LogP contribution in [-0.2, 0) is 18.3 Å². The highest BCUT2D eigenvalue weighted by Crippen LogP contribution is 2.40. The number of nitrogens with zero attached hydrogens (tertiary/aromatic N) is 3. The van der Waals surface area contributed by atoms with E-state index in [0.29, 0.717) is 23.5 Å². The highest BCUT2D eigenvalue weighted by molar-refractivity contribution is 6.35. The van der Waals surface area contributed by atoms with Crippen molar-refractivity contribution < 1.29 is 17.9 Å². The van der Waals surface area contributed by atoms with Crippen LogP contribution in [0.2, 0.25) is 0 Å². The zero-order valence-electron chi connectivity index (χ0n) is 19.8. The number of allylic oxidation sites excluding steroid dienone is 2. The summed E-state index contributed by atoms with van der Waals surface area (Å²) in [5.41, 5.74) is 9.34. The Bertz CT molecular complexity index is 1210. The molecule has 1 aliphatic rings. The van der Waals surface area contributed by atoms with Gasteiger partial charge in [-0.15, -0.1) is 0 Å². The summed E-state index contributed by atoms with van der Waals surface area (Å²) in [5.74, 6) is 0. The third kappa shape index (κ3) is 3.71. The Kier molecular flexibility index (Phi) is 6.80. The zero-order valence-corrected chi connectivity index (χ0v) is 19.8. The van der Waals surface area contributed by atoms with E-state index in [0.717, 1.165) is 50.1 Å². The van der Waals surface area contributed by atoms with Gasteiger partial charge in [-0.05, 0) is 62.4 Å². The van der Waals surface area contributed by atoms with Crippen LogP contribution in [0.4, 0.5) is 14.3 Å². The maximum absolute atomic E-state index is 14.4. The minimum atomic E-state index is -2.66. The summed E-state index contributed by atoms with van der Waals surface area (Å²) in [7, 11) is -0.675. The number of isocyanates is 1. The highest BCUT2D eigenvalue weighted by Gasteiger charge is 2.37. The molecule has 4 nitrogen and oxygen atoms in total. The van der Waals surface area contributed by atoms with E-state index in [4.69, 9.17) is 0 Å². The normalized spacial score (nSPS) is 15.7. The van der Waals surface area contributed by atoms with Crippen molar-refractivity contribution in [2.75, 3.05) is 0 Å². The fourth-order valence-electron chi connectivity index (χ4n) is 5.03. The summed E-state index contributed by atoms with van der Waals surface area (Å²) in [6.07, 6.45) is 3.08. The fraction of sp³-hybridized carbons (Fsp3) is 0.360. The zero-order chi connectivity index (χ0) is 23.7. The second kappa shape index (κ2) is 9.21. The van der Waals surface area contributed by atoms with E-state index in [1.54, 1.807) is 25.1 Å². The van der Waals surface area contributed by atoms with Crippen molar-refractivity contribution in [2.45, 2.75) is 54.4 Å². The van der Waals surface area contributed by atoms with E-state index in [1.165, 1.54) is 5.56 Å². The van der Waals surface area contributed by atoms with Gasteiger partial charge in [0.25, 0.3) is 0 Å². The third-order valence-corrected chi connectivity index (χ3v) is 6.64. The van der Waals surface area contributed by atoms with Gasteiger partial charge >= 0.3 is 7.40 Å². The quantitative estimate of drug-likeness (QED) is 0.308. The van der Waals surface area contributed by atoms with Gasteiger partial charge in [-0.2, -0.15) is 4.99 Å². The van der Waals surface area contributed by atoms with Gasteiger partial charge in [0.1, 0.15) is 5.71 Å². The van der Waals surface area contributed by atoms with Gasteiger partial charge in [-0.25, -0.2) is 4.79 Å². The first-order valence-corrected chi connectivity index (χ1v) is 10.9. The largest absolute Gasteiger partial charge is 0.609 e. The van der Waals surface area contributed by atoms with Crippen LogP contribution in [0.25, 0.3) is 5.57 Å². The van der Waals surface area contributed by atoms with E-state index in [9.17, 15) is 13.4 Å². The van der Waals surface area contributed by atoms with Crippen molar-refractivity contribution in [1.29, 1.82) is 0 Å². The molecule has 3 rings (SSSR count). The Morgan fingerprint density at radius 2 is 1.72 bits per heavy atom. The molecular formula is C25H29BF2N3O. The molecule has 0 fully saturated rings. The molecule has 0 saturated heterocycles. The van der Waals surface area contributed by atoms with E-state index >= 15 is 0 Å². The molecule has 2 heterocycles. The van der Waals surface area contributed by atoms with Crippen LogP contribution in [0, 0.1) is 13.8 Å². The topological polar surface area (TPSA) is 37.4 Å². The first-order chi connectivity index (χ1) is 15.2. The molecule has 0 unspecified atom stereocenters. The van der Waals surface area contributed by atoms with Crippen LogP contribution < -0.4 is 0 Å². The number of carbonyl (C=O) groups excluding carboxylic acids is 1. The summed E-state index contributed by atoms with van der Waals surface area (Å²) in [5, 5.41) is 0. The van der Waals surface area contributed by atoms with Gasteiger partial charge in [-0.3, -0.25) is 0 Å². The molecule has 32 heavy (non-hydrogen) atoms. The molecule has 0 atom stereocenters. The van der Waals surface area contributed by atoms with Crippen LogP contribution in [0.5, 0.6) is 0 Å². The molecule has 0 spiro atoms. The predicted octanol–water partition coefficient (Wildman–Crippen LogP) is 6.07. The van der Waals surface area contributed by atoms with E-state index in [1.807, 2.05) is 33.0 Å². The van der Waals surface area contributed by atoms with Crippen LogP contribution in [0.3, 0.4) is 0 Å². The number of benzene rings is 1. The van der Waals surface area contributed by atoms with Crippen molar-refractivity contribution in [3.8, 4) is 0 Å². The summed E-state index contributed by atoms with van der Waals surface area (Å²) >= 11 is 0. The first kappa shape index (κ1) is 23.6. The molecule has 2 aromatic rings. The maximum Gasteiger partial charge on any atom is 0.609 e. The average molecular weight is 436 g/mol. The number of halogens is 2. The molecule has 1 radical (unpaired) electrons. The van der Waals surface area contributed by atoms with Gasteiger partial charge in [0.15, 0.2) is 5.70 Å². The molecule has 7 heteroatoms. The van der Waals surface area contributed by atoms with Gasteiger partial charge < -0.3 is 17.7 Å². The van der Waals surface area contributed by atoms with E-state index < -0.39 is 7.40 Å². The van der Waals surface area contributed by atoms with Gasteiger partial charge in [0.2, 0.25) is 6.08 Å². The monoisotopic (exact) mass is 436 g/mol. The Balaban J connectivity index is 2.50. The van der Waals surface area contributed by atoms with E-state index in [2.05, 4.69) is 30.3 Å². The second-order valence-corrected chi connectivity index (χ2v) is 8.11. The minimum absolute atomic E-state index is 0.475. The lowest BCUT2D eigenvalue weighted by Gasteiger charge is -2.19. The summed E-state index contributed by atoms with van der Waals surface area (Å²) < 4.78 is 32.1. The van der Waals surface area contributed by atoms with Crippen molar-refractivity contribution in [2.24, 2.45) is 12.0 Å². The Morgan fingerprint density at radius 3 is 2.19 bits per heavy atom. The minimum Gasteiger partial charge on any atom is -0.433 e. The van der Waals surface area contributed by atoms with E-state index in [-0.39, 0.29) is 0 Å². The molecule has 0 aliphatic carbocycles. The molecular weight excluding hydrogens is 407 g/mol. The SMILES string of the molecule is CCC1=C(C)/C(=C(\c2ccc(N=C=O)cc2)c2c(C)c(CC)c(C)n2C)[N+]([B-](F)F)=C1C. The van der Waals surface area contributed by atoms with Crippen molar-refractivity contribution >= 4 is 30.5 Å². The molecule has 1 aliphatic heterocycles. The van der Waals surface area contributed by atoms with Crippen LogP contribution in [-0.4, -0.2) is 28.2 Å². The molecule has 0 N–H and O–H groups in total. The van der Waals surface area contributed by atoms with Crippen LogP contribution in [0.1, 0.15) is 62.2 Å². The number of hydrogen-bond acceptors (Lipinski definition) is 2. The van der Waals surface area contributed by atoms with Gasteiger partial charge in [0.05, 0.1) is 17.0 Å². The third-order valence-electron chi connectivity index (χ3n) is 6.64. The Labute approximate surface area is 188 Å². The molecule has 1 aromatic heterocycles. The molecule has 0 bridgehead atoms. The first-order valence-electron chi connectivity index (χ1n) is 10.9. The smallest absolute Gasteiger partial charge is 0.433 e. The predicted molar refractivity (Wildman–Crippen MR) is 126 cm³/mol. The highest BCUT2D eigenvalue weighted by atomic mass is 19.2. The van der Waals surface area contributed by atoms with Gasteiger partial charge in [0, 0.05) is 30.8 Å². The number of hydrogen-bond donors (Lipinski definition) is 0. The summed E-state index contributed by atoms with van der Waals surface area (Å²) in [6.45, 7) is 11.9. The molecule has 167 valence electrons. The summed E-state index contributed by atoms with van der Waals surface area (Å²) in [6, 6.07) is 7.10. The molecule has 0 amide bonds.